The molecule has 0 radical (unpaired) electrons. The largest absolute Gasteiger partial charge is 0.369 e. The Bertz CT molecular complexity index is 545. The van der Waals surface area contributed by atoms with E-state index >= 15 is 0 Å². The van der Waals surface area contributed by atoms with Crippen LogP contribution in [0.5, 0.6) is 0 Å². The van der Waals surface area contributed by atoms with Gasteiger partial charge in [0.1, 0.15) is 11.3 Å². The van der Waals surface area contributed by atoms with Crippen molar-refractivity contribution in [2.75, 3.05) is 17.2 Å². The molecule has 0 fully saturated rings. The van der Waals surface area contributed by atoms with Gasteiger partial charge >= 0.3 is 0 Å². The zero-order valence-corrected chi connectivity index (χ0v) is 11.0. The van der Waals surface area contributed by atoms with Gasteiger partial charge in [-0.05, 0) is 13.0 Å². The van der Waals surface area contributed by atoms with E-state index in [1.807, 2.05) is 6.92 Å². The zero-order valence-electron chi connectivity index (χ0n) is 9.48. The fraction of sp³-hybridized carbons (Fsp3) is 0.200. The normalized spacial score (nSPS) is 10.1. The molecular weight excluding hydrogens is 274 g/mol. The molecule has 0 aromatic carbocycles. The van der Waals surface area contributed by atoms with Crippen LogP contribution in [0.15, 0.2) is 17.8 Å². The second-order valence-corrected chi connectivity index (χ2v) is 4.52. The summed E-state index contributed by atoms with van der Waals surface area (Å²) in [5.41, 5.74) is 1.91. The Balaban J connectivity index is 2.13. The highest BCUT2D eigenvalue weighted by molar-refractivity contribution is 7.13. The van der Waals surface area contributed by atoms with E-state index in [0.717, 1.165) is 0 Å². The fourth-order valence-corrected chi connectivity index (χ4v) is 1.93. The molecule has 0 atom stereocenters. The number of aromatic nitrogens is 3. The van der Waals surface area contributed by atoms with Gasteiger partial charge in [0, 0.05) is 12.7 Å². The van der Waals surface area contributed by atoms with Crippen molar-refractivity contribution in [2.45, 2.75) is 6.92 Å². The van der Waals surface area contributed by atoms with Crippen LogP contribution in [-0.2, 0) is 0 Å². The van der Waals surface area contributed by atoms with E-state index in [0.29, 0.717) is 28.1 Å². The molecule has 6 nitrogen and oxygen atoms in total. The molecule has 2 aromatic rings. The minimum Gasteiger partial charge on any atom is -0.369 e. The lowest BCUT2D eigenvalue weighted by Gasteiger charge is -2.06. The zero-order chi connectivity index (χ0) is 13.0. The smallest absolute Gasteiger partial charge is 0.259 e. The summed E-state index contributed by atoms with van der Waals surface area (Å²) in [6, 6.07) is 1.56. The van der Waals surface area contributed by atoms with Crippen molar-refractivity contribution < 1.29 is 4.79 Å². The van der Waals surface area contributed by atoms with Crippen molar-refractivity contribution >= 4 is 39.8 Å². The maximum absolute atomic E-state index is 11.8. The van der Waals surface area contributed by atoms with Gasteiger partial charge < -0.3 is 5.32 Å². The number of halogens is 1. The van der Waals surface area contributed by atoms with Gasteiger partial charge in [0.2, 0.25) is 5.13 Å². The van der Waals surface area contributed by atoms with Crippen molar-refractivity contribution in [2.24, 2.45) is 0 Å². The first-order chi connectivity index (χ1) is 8.70. The van der Waals surface area contributed by atoms with Gasteiger partial charge in [-0.1, -0.05) is 22.9 Å². The first-order valence-electron chi connectivity index (χ1n) is 5.17. The van der Waals surface area contributed by atoms with Crippen LogP contribution >= 0.6 is 22.9 Å². The number of anilines is 2. The molecule has 0 spiro atoms. The number of rotatable bonds is 4. The Labute approximate surface area is 112 Å². The van der Waals surface area contributed by atoms with E-state index in [1.165, 1.54) is 23.0 Å². The van der Waals surface area contributed by atoms with Crippen molar-refractivity contribution in [1.29, 1.82) is 0 Å². The summed E-state index contributed by atoms with van der Waals surface area (Å²) in [6.45, 7) is 2.65. The van der Waals surface area contributed by atoms with Crippen LogP contribution in [0.3, 0.4) is 0 Å². The van der Waals surface area contributed by atoms with Crippen molar-refractivity contribution in [3.05, 3.63) is 28.4 Å². The molecule has 8 heteroatoms. The number of carbonyl (C=O) groups is 1. The number of hydrogen-bond acceptors (Lipinski definition) is 6. The van der Waals surface area contributed by atoms with Crippen molar-refractivity contribution in [3.63, 3.8) is 0 Å². The number of pyridine rings is 1. The third kappa shape index (κ3) is 2.93. The summed E-state index contributed by atoms with van der Waals surface area (Å²) < 4.78 is 0. The van der Waals surface area contributed by atoms with Gasteiger partial charge in [-0.15, -0.1) is 10.2 Å². The molecule has 2 heterocycles. The van der Waals surface area contributed by atoms with Gasteiger partial charge in [-0.3, -0.25) is 10.1 Å². The van der Waals surface area contributed by atoms with Crippen LogP contribution in [0.2, 0.25) is 5.02 Å². The summed E-state index contributed by atoms with van der Waals surface area (Å²) in [7, 11) is 0. The summed E-state index contributed by atoms with van der Waals surface area (Å²) >= 11 is 7.25. The monoisotopic (exact) mass is 283 g/mol. The van der Waals surface area contributed by atoms with Crippen LogP contribution < -0.4 is 10.6 Å². The predicted molar refractivity (Wildman–Crippen MR) is 71.3 cm³/mol. The molecule has 0 aliphatic carbocycles. The Hall–Kier alpha value is -1.73. The molecule has 0 saturated heterocycles. The van der Waals surface area contributed by atoms with Gasteiger partial charge in [0.05, 0.1) is 10.6 Å². The van der Waals surface area contributed by atoms with Crippen LogP contribution in [0.25, 0.3) is 0 Å². The molecule has 2 rings (SSSR count). The minimum absolute atomic E-state index is 0.316. The lowest BCUT2D eigenvalue weighted by atomic mass is 10.2. The molecule has 2 aromatic heterocycles. The molecular formula is C10H10ClN5OS. The number of amides is 1. The molecule has 0 aliphatic rings. The van der Waals surface area contributed by atoms with E-state index in [9.17, 15) is 4.79 Å². The van der Waals surface area contributed by atoms with Gasteiger partial charge in [0.15, 0.2) is 0 Å². The Morgan fingerprint density at radius 3 is 3.00 bits per heavy atom. The standard InChI is InChI=1S/C10H10ClN5OS/c1-2-12-8-7(11)3-6(4-13-8)9(17)15-10-16-14-5-18-10/h3-5H,2H2,1H3,(H,12,13)(H,15,16,17). The molecule has 0 unspecified atom stereocenters. The Morgan fingerprint density at radius 1 is 1.56 bits per heavy atom. The summed E-state index contributed by atoms with van der Waals surface area (Å²) in [4.78, 5) is 15.9. The lowest BCUT2D eigenvalue weighted by Crippen LogP contribution is -2.12. The van der Waals surface area contributed by atoms with Gasteiger partial charge in [-0.2, -0.15) is 0 Å². The van der Waals surface area contributed by atoms with E-state index in [-0.39, 0.29) is 5.91 Å². The summed E-state index contributed by atoms with van der Waals surface area (Å²) in [6.07, 6.45) is 1.46. The number of nitrogens with one attached hydrogen (secondary N) is 2. The average molecular weight is 284 g/mol. The van der Waals surface area contributed by atoms with Gasteiger partial charge in [0.25, 0.3) is 5.91 Å². The highest BCUT2D eigenvalue weighted by Gasteiger charge is 2.11. The fourth-order valence-electron chi connectivity index (χ4n) is 1.26. The number of hydrogen-bond donors (Lipinski definition) is 2. The summed E-state index contributed by atoms with van der Waals surface area (Å²) in [5, 5.41) is 13.8. The molecule has 0 bridgehead atoms. The molecule has 0 aliphatic heterocycles. The number of carbonyl (C=O) groups excluding carboxylic acids is 1. The first-order valence-corrected chi connectivity index (χ1v) is 6.43. The first kappa shape index (κ1) is 12.7. The third-order valence-corrected chi connectivity index (χ3v) is 2.92. The molecule has 2 N–H and O–H groups in total. The molecule has 94 valence electrons. The van der Waals surface area contributed by atoms with E-state index in [2.05, 4.69) is 25.8 Å². The topological polar surface area (TPSA) is 79.8 Å². The van der Waals surface area contributed by atoms with Crippen LogP contribution in [0.4, 0.5) is 10.9 Å². The molecule has 18 heavy (non-hydrogen) atoms. The molecule has 1 amide bonds. The van der Waals surface area contributed by atoms with Crippen molar-refractivity contribution in [3.8, 4) is 0 Å². The predicted octanol–water partition coefficient (Wildman–Crippen LogP) is 2.27. The summed E-state index contributed by atoms with van der Waals surface area (Å²) in [5.74, 6) is 0.246. The van der Waals surface area contributed by atoms with Crippen LogP contribution in [0, 0.1) is 0 Å². The van der Waals surface area contributed by atoms with E-state index in [4.69, 9.17) is 11.6 Å². The van der Waals surface area contributed by atoms with Crippen molar-refractivity contribution in [1.82, 2.24) is 15.2 Å². The van der Waals surface area contributed by atoms with E-state index in [1.54, 1.807) is 6.07 Å². The minimum atomic E-state index is -0.316. The second kappa shape index (κ2) is 5.74. The quantitative estimate of drug-likeness (QED) is 0.900. The SMILES string of the molecule is CCNc1ncc(C(=O)Nc2nncs2)cc1Cl. The average Bonchev–Trinajstić information content (AvgIpc) is 2.84. The Kier molecular flexibility index (Phi) is 4.06. The molecule has 0 saturated carbocycles. The maximum Gasteiger partial charge on any atom is 0.259 e. The second-order valence-electron chi connectivity index (χ2n) is 3.28. The van der Waals surface area contributed by atoms with Crippen LogP contribution in [-0.4, -0.2) is 27.6 Å². The highest BCUT2D eigenvalue weighted by atomic mass is 35.5. The third-order valence-electron chi connectivity index (χ3n) is 2.03. The lowest BCUT2D eigenvalue weighted by molar-refractivity contribution is 0.102. The number of nitrogens with zero attached hydrogens (tertiary/aromatic N) is 3. The van der Waals surface area contributed by atoms with Gasteiger partial charge in [-0.25, -0.2) is 4.98 Å². The van der Waals surface area contributed by atoms with Crippen LogP contribution in [0.1, 0.15) is 17.3 Å². The maximum atomic E-state index is 11.8. The highest BCUT2D eigenvalue weighted by Crippen LogP contribution is 2.20. The Morgan fingerprint density at radius 2 is 2.39 bits per heavy atom. The van der Waals surface area contributed by atoms with E-state index < -0.39 is 0 Å².